The van der Waals surface area contributed by atoms with Gasteiger partial charge in [-0.2, -0.15) is 0 Å². The van der Waals surface area contributed by atoms with Crippen LogP contribution < -0.4 is 5.32 Å². The summed E-state index contributed by atoms with van der Waals surface area (Å²) >= 11 is 0. The number of carbonyl (C=O) groups is 1. The molecule has 0 aliphatic carbocycles. The Hall–Kier alpha value is -2.21. The van der Waals surface area contributed by atoms with Gasteiger partial charge >= 0.3 is 0 Å². The lowest BCUT2D eigenvalue weighted by Gasteiger charge is -2.22. The van der Waals surface area contributed by atoms with Crippen LogP contribution in [0.5, 0.6) is 0 Å². The highest BCUT2D eigenvalue weighted by atomic mass is 16.3. The number of benzene rings is 1. The molecule has 124 valence electrons. The van der Waals surface area contributed by atoms with Crippen LogP contribution in [0.2, 0.25) is 0 Å². The Kier molecular flexibility index (Phi) is 4.85. The fourth-order valence-corrected chi connectivity index (χ4v) is 2.29. The second kappa shape index (κ2) is 6.50. The molecule has 2 N–H and O–H groups in total. The molecule has 0 radical (unpaired) electrons. The lowest BCUT2D eigenvalue weighted by Crippen LogP contribution is -2.46. The van der Waals surface area contributed by atoms with E-state index < -0.39 is 11.4 Å². The van der Waals surface area contributed by atoms with Crippen LogP contribution in [0.3, 0.4) is 0 Å². The largest absolute Gasteiger partial charge is 0.394 e. The molecule has 1 heterocycles. The minimum absolute atomic E-state index is 0.0996. The van der Waals surface area contributed by atoms with Crippen LogP contribution in [0, 0.1) is 6.92 Å². The van der Waals surface area contributed by atoms with Crippen LogP contribution >= 0.6 is 0 Å². The molecule has 0 spiro atoms. The normalized spacial score (nSPS) is 11.8. The van der Waals surface area contributed by atoms with Gasteiger partial charge in [-0.25, -0.2) is 9.67 Å². The van der Waals surface area contributed by atoms with Crippen LogP contribution in [0.25, 0.3) is 5.69 Å². The summed E-state index contributed by atoms with van der Waals surface area (Å²) in [5, 5.41) is 16.3. The summed E-state index contributed by atoms with van der Waals surface area (Å²) in [5.74, 6) is 0.681. The maximum Gasteiger partial charge on any atom is 0.291 e. The van der Waals surface area contributed by atoms with Gasteiger partial charge in [-0.3, -0.25) is 4.79 Å². The van der Waals surface area contributed by atoms with E-state index in [1.165, 1.54) is 0 Å². The topological polar surface area (TPSA) is 80.0 Å². The van der Waals surface area contributed by atoms with Gasteiger partial charge < -0.3 is 10.4 Å². The predicted octanol–water partition coefficient (Wildman–Crippen LogP) is 2.20. The molecule has 6 heteroatoms. The van der Waals surface area contributed by atoms with E-state index in [1.54, 1.807) is 18.5 Å². The van der Waals surface area contributed by atoms with E-state index in [1.807, 2.05) is 25.1 Å². The molecule has 0 atom stereocenters. The van der Waals surface area contributed by atoms with Gasteiger partial charge in [-0.1, -0.05) is 32.0 Å². The van der Waals surface area contributed by atoms with Gasteiger partial charge in [0.2, 0.25) is 5.82 Å². The Morgan fingerprint density at radius 3 is 2.61 bits per heavy atom. The second-order valence-corrected chi connectivity index (χ2v) is 6.60. The van der Waals surface area contributed by atoms with Crippen molar-refractivity contribution < 1.29 is 9.90 Å². The molecular weight excluding hydrogens is 292 g/mol. The number of para-hydroxylation sites is 1. The number of nitrogens with zero attached hydrogens (tertiary/aromatic N) is 3. The van der Waals surface area contributed by atoms with E-state index in [4.69, 9.17) is 0 Å². The van der Waals surface area contributed by atoms with Crippen LogP contribution in [0.4, 0.5) is 0 Å². The molecule has 23 heavy (non-hydrogen) atoms. The van der Waals surface area contributed by atoms with Crippen LogP contribution in [-0.4, -0.2) is 37.9 Å². The van der Waals surface area contributed by atoms with Gasteiger partial charge in [-0.15, -0.1) is 5.10 Å². The highest BCUT2D eigenvalue weighted by Crippen LogP contribution is 2.23. The highest BCUT2D eigenvalue weighted by molar-refractivity contribution is 5.90. The van der Waals surface area contributed by atoms with E-state index in [0.717, 1.165) is 11.3 Å². The van der Waals surface area contributed by atoms with Crippen LogP contribution in [0.15, 0.2) is 24.3 Å². The third-order valence-electron chi connectivity index (χ3n) is 3.61. The summed E-state index contributed by atoms with van der Waals surface area (Å²) in [6, 6.07) is 7.95. The SMILES string of the molecule is Cc1nc(C(=O)NC(C)(C)CO)nn1-c1ccccc1C(C)C. The molecule has 6 nitrogen and oxygen atoms in total. The third kappa shape index (κ3) is 3.76. The summed E-state index contributed by atoms with van der Waals surface area (Å²) in [6.45, 7) is 9.36. The number of nitrogens with one attached hydrogen (secondary N) is 1. The smallest absolute Gasteiger partial charge is 0.291 e. The number of aromatic nitrogens is 3. The number of hydrogen-bond acceptors (Lipinski definition) is 4. The van der Waals surface area contributed by atoms with Crippen molar-refractivity contribution >= 4 is 5.91 Å². The van der Waals surface area contributed by atoms with Crippen molar-refractivity contribution in [2.75, 3.05) is 6.61 Å². The molecule has 2 aromatic rings. The maximum absolute atomic E-state index is 12.3. The first-order chi connectivity index (χ1) is 10.7. The average molecular weight is 316 g/mol. The van der Waals surface area contributed by atoms with Gasteiger partial charge in [0.1, 0.15) is 5.82 Å². The highest BCUT2D eigenvalue weighted by Gasteiger charge is 2.24. The Labute approximate surface area is 136 Å². The first-order valence-corrected chi connectivity index (χ1v) is 7.71. The Morgan fingerprint density at radius 2 is 2.00 bits per heavy atom. The minimum atomic E-state index is -0.716. The number of hydrogen-bond donors (Lipinski definition) is 2. The first kappa shape index (κ1) is 17.1. The molecule has 0 bridgehead atoms. The monoisotopic (exact) mass is 316 g/mol. The zero-order valence-electron chi connectivity index (χ0n) is 14.3. The molecular formula is C17H24N4O2. The molecule has 0 aliphatic heterocycles. The van der Waals surface area contributed by atoms with Crippen molar-refractivity contribution in [3.8, 4) is 5.69 Å². The summed E-state index contributed by atoms with van der Waals surface area (Å²) in [6.07, 6.45) is 0. The summed E-state index contributed by atoms with van der Waals surface area (Å²) in [7, 11) is 0. The molecule has 0 fully saturated rings. The maximum atomic E-state index is 12.3. The number of carbonyl (C=O) groups excluding carboxylic acids is 1. The third-order valence-corrected chi connectivity index (χ3v) is 3.61. The van der Waals surface area contributed by atoms with Gasteiger partial charge in [0.15, 0.2) is 0 Å². The Morgan fingerprint density at radius 1 is 1.35 bits per heavy atom. The molecule has 2 rings (SSSR count). The number of rotatable bonds is 5. The molecule has 0 saturated carbocycles. The van der Waals surface area contributed by atoms with Gasteiger partial charge in [0.25, 0.3) is 5.91 Å². The standard InChI is InChI=1S/C17H24N4O2/c1-11(2)13-8-6-7-9-14(13)21-12(3)18-15(20-21)16(23)19-17(4,5)10-22/h6-9,11,22H,10H2,1-5H3,(H,19,23). The summed E-state index contributed by atoms with van der Waals surface area (Å²) in [5.41, 5.74) is 1.35. The molecule has 0 saturated heterocycles. The minimum Gasteiger partial charge on any atom is -0.394 e. The molecule has 1 amide bonds. The molecule has 0 aliphatic rings. The van der Waals surface area contributed by atoms with Crippen molar-refractivity contribution in [1.82, 2.24) is 20.1 Å². The van der Waals surface area contributed by atoms with Gasteiger partial charge in [0, 0.05) is 0 Å². The van der Waals surface area contributed by atoms with E-state index in [2.05, 4.69) is 35.3 Å². The number of aliphatic hydroxyl groups is 1. The Balaban J connectivity index is 2.38. The van der Waals surface area contributed by atoms with Crippen molar-refractivity contribution in [3.63, 3.8) is 0 Å². The van der Waals surface area contributed by atoms with Crippen LogP contribution in [0.1, 0.15) is 55.6 Å². The van der Waals surface area contributed by atoms with E-state index in [-0.39, 0.29) is 12.4 Å². The van der Waals surface area contributed by atoms with Crippen molar-refractivity contribution in [1.29, 1.82) is 0 Å². The van der Waals surface area contributed by atoms with E-state index in [9.17, 15) is 9.90 Å². The molecule has 1 aromatic heterocycles. The zero-order chi connectivity index (χ0) is 17.2. The number of amides is 1. The van der Waals surface area contributed by atoms with Gasteiger partial charge in [-0.05, 0) is 38.3 Å². The molecule has 0 unspecified atom stereocenters. The first-order valence-electron chi connectivity index (χ1n) is 7.71. The van der Waals surface area contributed by atoms with Crippen molar-refractivity contribution in [2.24, 2.45) is 0 Å². The Bertz CT molecular complexity index is 704. The number of aliphatic hydroxyl groups excluding tert-OH is 1. The van der Waals surface area contributed by atoms with E-state index >= 15 is 0 Å². The molecule has 1 aromatic carbocycles. The van der Waals surface area contributed by atoms with Crippen molar-refractivity contribution in [3.05, 3.63) is 41.5 Å². The number of aryl methyl sites for hydroxylation is 1. The fraction of sp³-hybridized carbons (Fsp3) is 0.471. The zero-order valence-corrected chi connectivity index (χ0v) is 14.3. The van der Waals surface area contributed by atoms with E-state index in [0.29, 0.717) is 11.7 Å². The quantitative estimate of drug-likeness (QED) is 0.886. The lowest BCUT2D eigenvalue weighted by molar-refractivity contribution is 0.0858. The van der Waals surface area contributed by atoms with Gasteiger partial charge in [0.05, 0.1) is 17.8 Å². The average Bonchev–Trinajstić information content (AvgIpc) is 2.89. The van der Waals surface area contributed by atoms with Crippen LogP contribution in [-0.2, 0) is 0 Å². The second-order valence-electron chi connectivity index (χ2n) is 6.60. The van der Waals surface area contributed by atoms with Crippen molar-refractivity contribution in [2.45, 2.75) is 46.1 Å². The lowest BCUT2D eigenvalue weighted by atomic mass is 10.0. The summed E-state index contributed by atoms with van der Waals surface area (Å²) < 4.78 is 1.69. The fourth-order valence-electron chi connectivity index (χ4n) is 2.29. The predicted molar refractivity (Wildman–Crippen MR) is 88.8 cm³/mol. The summed E-state index contributed by atoms with van der Waals surface area (Å²) in [4.78, 5) is 16.5.